The molecule has 0 atom stereocenters. The zero-order valence-electron chi connectivity index (χ0n) is 16.8. The van der Waals surface area contributed by atoms with Gasteiger partial charge in [0.25, 0.3) is 0 Å². The summed E-state index contributed by atoms with van der Waals surface area (Å²) in [4.78, 5) is 22.2. The molecule has 0 aliphatic heterocycles. The molecule has 0 heterocycles. The zero-order valence-corrected chi connectivity index (χ0v) is 16.8. The molecule has 6 heteroatoms. The molecule has 0 amide bonds. The predicted octanol–water partition coefficient (Wildman–Crippen LogP) is 5.21. The summed E-state index contributed by atoms with van der Waals surface area (Å²) in [6.07, 6.45) is 5.95. The van der Waals surface area contributed by atoms with E-state index in [1.807, 2.05) is 37.3 Å². The minimum Gasteiger partial charge on any atom is -0.462 e. The largest absolute Gasteiger partial charge is 0.462 e. The van der Waals surface area contributed by atoms with Crippen molar-refractivity contribution in [3.05, 3.63) is 97.9 Å². The third-order valence-corrected chi connectivity index (χ3v) is 3.76. The van der Waals surface area contributed by atoms with Crippen LogP contribution in [0.2, 0.25) is 0 Å². The van der Waals surface area contributed by atoms with Crippen LogP contribution in [0, 0.1) is 6.92 Å². The van der Waals surface area contributed by atoms with Gasteiger partial charge in [0.05, 0.1) is 0 Å². The summed E-state index contributed by atoms with van der Waals surface area (Å²) < 4.78 is 20.3. The summed E-state index contributed by atoms with van der Waals surface area (Å²) in [7, 11) is 0. The van der Waals surface area contributed by atoms with Crippen LogP contribution in [-0.2, 0) is 19.1 Å². The van der Waals surface area contributed by atoms with E-state index in [0.717, 1.165) is 29.0 Å². The Bertz CT molecular complexity index is 983. The van der Waals surface area contributed by atoms with Gasteiger partial charge in [0, 0.05) is 11.6 Å². The second-order valence-electron chi connectivity index (χ2n) is 6.11. The molecular formula is C24H22O6. The lowest BCUT2D eigenvalue weighted by Gasteiger charge is -2.09. The molecule has 30 heavy (non-hydrogen) atoms. The fraction of sp³-hybridized carbons (Fsp3) is 0.0833. The van der Waals surface area contributed by atoms with Crippen LogP contribution in [0.25, 0.3) is 11.1 Å². The summed E-state index contributed by atoms with van der Waals surface area (Å²) in [6, 6.07) is 13.1. The second kappa shape index (κ2) is 11.1. The molecule has 0 aromatic heterocycles. The number of aryl methyl sites for hydroxylation is 1. The van der Waals surface area contributed by atoms with Crippen LogP contribution in [0.1, 0.15) is 12.5 Å². The van der Waals surface area contributed by atoms with E-state index in [9.17, 15) is 9.59 Å². The molecule has 0 N–H and O–H groups in total. The number of rotatable bonds is 9. The first-order valence-corrected chi connectivity index (χ1v) is 8.94. The van der Waals surface area contributed by atoms with Crippen molar-refractivity contribution in [2.45, 2.75) is 13.8 Å². The molecule has 6 nitrogen and oxygen atoms in total. The molecule has 0 bridgehead atoms. The molecule has 2 rings (SSSR count). The number of benzene rings is 2. The van der Waals surface area contributed by atoms with E-state index >= 15 is 0 Å². The van der Waals surface area contributed by atoms with E-state index < -0.39 is 11.9 Å². The van der Waals surface area contributed by atoms with Gasteiger partial charge in [-0.25, -0.2) is 9.59 Å². The number of carbonyl (C=O) groups excluding carboxylic acids is 2. The number of hydrogen-bond donors (Lipinski definition) is 0. The Hall–Kier alpha value is -4.06. The zero-order chi connectivity index (χ0) is 21.9. The molecule has 0 aliphatic carbocycles. The van der Waals surface area contributed by atoms with Crippen LogP contribution in [-0.4, -0.2) is 11.9 Å². The molecule has 0 saturated heterocycles. The fourth-order valence-electron chi connectivity index (χ4n) is 2.29. The highest BCUT2D eigenvalue weighted by atomic mass is 16.5. The molecule has 154 valence electrons. The first-order chi connectivity index (χ1) is 14.4. The Kier molecular flexibility index (Phi) is 8.20. The molecule has 2 aromatic carbocycles. The lowest BCUT2D eigenvalue weighted by molar-refractivity contribution is -0.134. The maximum absolute atomic E-state index is 11.3. The maximum Gasteiger partial charge on any atom is 0.338 e. The lowest BCUT2D eigenvalue weighted by Crippen LogP contribution is -1.99. The molecule has 0 fully saturated rings. The first kappa shape index (κ1) is 22.2. The van der Waals surface area contributed by atoms with E-state index in [2.05, 4.69) is 13.2 Å². The fourth-order valence-corrected chi connectivity index (χ4v) is 2.29. The summed E-state index contributed by atoms with van der Waals surface area (Å²) >= 11 is 0. The Morgan fingerprint density at radius 3 is 2.07 bits per heavy atom. The van der Waals surface area contributed by atoms with E-state index in [-0.39, 0.29) is 0 Å². The highest BCUT2D eigenvalue weighted by Gasteiger charge is 2.04. The molecule has 0 spiro atoms. The SMILES string of the molecule is C=CC(=O)OC=COc1ccc(-c2ccc(OC=COC(=O)C(=C)C)cc2)c(C)c1. The third kappa shape index (κ3) is 6.83. The smallest absolute Gasteiger partial charge is 0.338 e. The van der Waals surface area contributed by atoms with Gasteiger partial charge in [0.1, 0.15) is 36.5 Å². The third-order valence-electron chi connectivity index (χ3n) is 3.76. The van der Waals surface area contributed by atoms with Gasteiger partial charge in [-0.2, -0.15) is 0 Å². The highest BCUT2D eigenvalue weighted by molar-refractivity contribution is 5.87. The quantitative estimate of drug-likeness (QED) is 0.323. The van der Waals surface area contributed by atoms with Crippen molar-refractivity contribution in [3.63, 3.8) is 0 Å². The average molecular weight is 406 g/mol. The first-order valence-electron chi connectivity index (χ1n) is 8.94. The van der Waals surface area contributed by atoms with Gasteiger partial charge in [-0.1, -0.05) is 31.4 Å². The minimum atomic E-state index is -0.558. The Balaban J connectivity index is 1.96. The lowest BCUT2D eigenvalue weighted by atomic mass is 10.0. The van der Waals surface area contributed by atoms with Crippen molar-refractivity contribution in [1.29, 1.82) is 0 Å². The van der Waals surface area contributed by atoms with Gasteiger partial charge >= 0.3 is 11.9 Å². The van der Waals surface area contributed by atoms with E-state index in [1.165, 1.54) is 18.8 Å². The summed E-state index contributed by atoms with van der Waals surface area (Å²) in [6.45, 7) is 10.3. The average Bonchev–Trinajstić information content (AvgIpc) is 2.74. The van der Waals surface area contributed by atoms with Gasteiger partial charge in [-0.3, -0.25) is 0 Å². The summed E-state index contributed by atoms with van der Waals surface area (Å²) in [5, 5.41) is 0. The maximum atomic E-state index is 11.3. The number of carbonyl (C=O) groups is 2. The normalized spacial score (nSPS) is 10.6. The number of esters is 2. The Morgan fingerprint density at radius 1 is 0.867 bits per heavy atom. The number of hydrogen-bond acceptors (Lipinski definition) is 6. The van der Waals surface area contributed by atoms with Gasteiger partial charge in [0.15, 0.2) is 0 Å². The van der Waals surface area contributed by atoms with Crippen molar-refractivity contribution in [1.82, 2.24) is 0 Å². The van der Waals surface area contributed by atoms with Crippen LogP contribution in [0.4, 0.5) is 0 Å². The molecule has 2 aromatic rings. The minimum absolute atomic E-state index is 0.308. The van der Waals surface area contributed by atoms with Gasteiger partial charge in [0.2, 0.25) is 0 Å². The topological polar surface area (TPSA) is 71.1 Å². The molecule has 0 aliphatic rings. The highest BCUT2D eigenvalue weighted by Crippen LogP contribution is 2.28. The van der Waals surface area contributed by atoms with Crippen molar-refractivity contribution in [2.75, 3.05) is 0 Å². The standard InChI is InChI=1S/C24H22O6/c1-5-23(25)29-14-12-28-21-10-11-22(18(4)16-21)19-6-8-20(9-7-19)27-13-15-30-24(26)17(2)3/h5-16H,1-2H2,3-4H3. The van der Waals surface area contributed by atoms with Crippen LogP contribution >= 0.6 is 0 Å². The van der Waals surface area contributed by atoms with Crippen molar-refractivity contribution >= 4 is 11.9 Å². The molecular weight excluding hydrogens is 384 g/mol. The van der Waals surface area contributed by atoms with E-state index in [0.29, 0.717) is 17.1 Å². The van der Waals surface area contributed by atoms with Crippen molar-refractivity contribution in [2.24, 2.45) is 0 Å². The molecule has 0 saturated carbocycles. The van der Waals surface area contributed by atoms with Gasteiger partial charge in [-0.05, 0) is 54.8 Å². The van der Waals surface area contributed by atoms with Crippen molar-refractivity contribution < 1.29 is 28.5 Å². The predicted molar refractivity (Wildman–Crippen MR) is 113 cm³/mol. The van der Waals surface area contributed by atoms with Crippen LogP contribution in [0.15, 0.2) is 92.3 Å². The summed E-state index contributed by atoms with van der Waals surface area (Å²) in [5.41, 5.74) is 3.34. The number of ether oxygens (including phenoxy) is 4. The monoisotopic (exact) mass is 406 g/mol. The van der Waals surface area contributed by atoms with Crippen molar-refractivity contribution in [3.8, 4) is 22.6 Å². The van der Waals surface area contributed by atoms with Gasteiger partial charge in [-0.15, -0.1) is 0 Å². The molecule has 0 unspecified atom stereocenters. The second-order valence-corrected chi connectivity index (χ2v) is 6.11. The van der Waals surface area contributed by atoms with Gasteiger partial charge < -0.3 is 18.9 Å². The van der Waals surface area contributed by atoms with Crippen LogP contribution in [0.5, 0.6) is 11.5 Å². The van der Waals surface area contributed by atoms with E-state index in [1.54, 1.807) is 19.1 Å². The Morgan fingerprint density at radius 2 is 1.47 bits per heavy atom. The molecule has 0 radical (unpaired) electrons. The summed E-state index contributed by atoms with van der Waals surface area (Å²) in [5.74, 6) is 0.133. The van der Waals surface area contributed by atoms with E-state index in [4.69, 9.17) is 18.9 Å². The van der Waals surface area contributed by atoms with Crippen LogP contribution < -0.4 is 9.47 Å². The Labute approximate surface area is 175 Å². The van der Waals surface area contributed by atoms with Crippen LogP contribution in [0.3, 0.4) is 0 Å².